The summed E-state index contributed by atoms with van der Waals surface area (Å²) in [6, 6.07) is 8.80. The predicted octanol–water partition coefficient (Wildman–Crippen LogP) is 3.09. The number of hydrogen-bond acceptors (Lipinski definition) is 3. The van der Waals surface area contributed by atoms with E-state index in [0.717, 1.165) is 36.9 Å². The summed E-state index contributed by atoms with van der Waals surface area (Å²) in [5.41, 5.74) is 3.68. The second-order valence-electron chi connectivity index (χ2n) is 5.63. The summed E-state index contributed by atoms with van der Waals surface area (Å²) in [6.45, 7) is 3.13. The molecule has 0 saturated heterocycles. The second kappa shape index (κ2) is 6.31. The summed E-state index contributed by atoms with van der Waals surface area (Å²) >= 11 is 0. The Balaban J connectivity index is 1.88. The highest BCUT2D eigenvalue weighted by Crippen LogP contribution is 2.23. The van der Waals surface area contributed by atoms with Gasteiger partial charge < -0.3 is 10.1 Å². The lowest BCUT2D eigenvalue weighted by atomic mass is 10.1. The quantitative estimate of drug-likeness (QED) is 0.849. The zero-order valence-electron chi connectivity index (χ0n) is 12.8. The van der Waals surface area contributed by atoms with Crippen molar-refractivity contribution in [3.8, 4) is 11.4 Å². The molecular weight excluding hydrogens is 262 g/mol. The van der Waals surface area contributed by atoms with Crippen LogP contribution in [0.2, 0.25) is 0 Å². The van der Waals surface area contributed by atoms with Gasteiger partial charge in [-0.1, -0.05) is 19.4 Å². The van der Waals surface area contributed by atoms with Gasteiger partial charge in [-0.05, 0) is 31.4 Å². The van der Waals surface area contributed by atoms with Crippen LogP contribution in [0.1, 0.15) is 37.4 Å². The summed E-state index contributed by atoms with van der Waals surface area (Å²) in [5.74, 6) is 0.864. The molecule has 1 aliphatic carbocycles. The lowest BCUT2D eigenvalue weighted by Crippen LogP contribution is -2.16. The fourth-order valence-corrected chi connectivity index (χ4v) is 2.57. The van der Waals surface area contributed by atoms with Crippen LogP contribution in [-0.4, -0.2) is 22.9 Å². The number of benzene rings is 1. The second-order valence-corrected chi connectivity index (χ2v) is 5.63. The van der Waals surface area contributed by atoms with E-state index in [2.05, 4.69) is 28.1 Å². The molecule has 0 atom stereocenters. The Morgan fingerprint density at radius 2 is 2.24 bits per heavy atom. The number of methoxy groups -OCH3 is 1. The number of ether oxygens (including phenoxy) is 1. The van der Waals surface area contributed by atoms with Crippen molar-refractivity contribution in [2.75, 3.05) is 7.11 Å². The van der Waals surface area contributed by atoms with E-state index in [4.69, 9.17) is 4.74 Å². The number of rotatable bonds is 7. The van der Waals surface area contributed by atoms with Gasteiger partial charge in [0.15, 0.2) is 0 Å². The molecule has 4 heteroatoms. The van der Waals surface area contributed by atoms with Crippen LogP contribution in [0.15, 0.2) is 30.5 Å². The molecule has 1 aliphatic rings. The molecule has 3 rings (SSSR count). The maximum atomic E-state index is 5.32. The van der Waals surface area contributed by atoms with Crippen LogP contribution in [0.3, 0.4) is 0 Å². The summed E-state index contributed by atoms with van der Waals surface area (Å²) in [6.07, 6.45) is 6.78. The summed E-state index contributed by atoms with van der Waals surface area (Å²) in [7, 11) is 1.69. The smallest absolute Gasteiger partial charge is 0.121 e. The van der Waals surface area contributed by atoms with Crippen LogP contribution in [0, 0.1) is 0 Å². The molecule has 1 aromatic carbocycles. The van der Waals surface area contributed by atoms with Crippen LogP contribution in [-0.2, 0) is 13.0 Å². The first kappa shape index (κ1) is 14.1. The third-order valence-electron chi connectivity index (χ3n) is 3.90. The van der Waals surface area contributed by atoms with Gasteiger partial charge in [-0.3, -0.25) is 0 Å². The molecule has 21 heavy (non-hydrogen) atoms. The third kappa shape index (κ3) is 3.27. The van der Waals surface area contributed by atoms with Gasteiger partial charge in [-0.2, -0.15) is 5.10 Å². The first-order valence-electron chi connectivity index (χ1n) is 7.75. The summed E-state index contributed by atoms with van der Waals surface area (Å²) < 4.78 is 7.37. The van der Waals surface area contributed by atoms with E-state index in [-0.39, 0.29) is 0 Å². The third-order valence-corrected chi connectivity index (χ3v) is 3.90. The Kier molecular flexibility index (Phi) is 4.25. The van der Waals surface area contributed by atoms with E-state index in [1.54, 1.807) is 7.11 Å². The molecule has 1 N–H and O–H groups in total. The van der Waals surface area contributed by atoms with Gasteiger partial charge in [-0.15, -0.1) is 0 Å². The average molecular weight is 285 g/mol. The first-order valence-corrected chi connectivity index (χ1v) is 7.75. The number of nitrogens with zero attached hydrogens (tertiary/aromatic N) is 2. The lowest BCUT2D eigenvalue weighted by Gasteiger charge is -2.10. The maximum absolute atomic E-state index is 5.32. The molecule has 0 unspecified atom stereocenters. The molecular formula is C17H23N3O. The first-order chi connectivity index (χ1) is 10.3. The number of hydrogen-bond donors (Lipinski definition) is 1. The molecule has 0 amide bonds. The lowest BCUT2D eigenvalue weighted by molar-refractivity contribution is 0.414. The van der Waals surface area contributed by atoms with Crippen LogP contribution >= 0.6 is 0 Å². The van der Waals surface area contributed by atoms with Crippen molar-refractivity contribution in [3.63, 3.8) is 0 Å². The average Bonchev–Trinajstić information content (AvgIpc) is 3.27. The van der Waals surface area contributed by atoms with Crippen LogP contribution in [0.25, 0.3) is 5.69 Å². The molecule has 0 radical (unpaired) electrons. The standard InChI is InChI=1S/C17H23N3O/c1-3-5-17-13(11-18-14-8-9-14)12-19-20(17)15-6-4-7-16(10-15)21-2/h4,6-7,10,12,14,18H,3,5,8-9,11H2,1-2H3. The van der Waals surface area contributed by atoms with Crippen molar-refractivity contribution in [1.29, 1.82) is 0 Å². The Morgan fingerprint density at radius 1 is 1.38 bits per heavy atom. The van der Waals surface area contributed by atoms with Gasteiger partial charge in [0.05, 0.1) is 19.0 Å². The number of nitrogens with one attached hydrogen (secondary N) is 1. The minimum atomic E-state index is 0.722. The van der Waals surface area contributed by atoms with Crippen LogP contribution < -0.4 is 10.1 Å². The van der Waals surface area contributed by atoms with Crippen LogP contribution in [0.5, 0.6) is 5.75 Å². The molecule has 1 heterocycles. The van der Waals surface area contributed by atoms with E-state index in [0.29, 0.717) is 0 Å². The van der Waals surface area contributed by atoms with Crippen LogP contribution in [0.4, 0.5) is 0 Å². The fraction of sp³-hybridized carbons (Fsp3) is 0.471. The Morgan fingerprint density at radius 3 is 2.95 bits per heavy atom. The predicted molar refractivity (Wildman–Crippen MR) is 84.0 cm³/mol. The van der Waals surface area contributed by atoms with E-state index >= 15 is 0 Å². The van der Waals surface area contributed by atoms with Gasteiger partial charge in [0, 0.05) is 29.9 Å². The molecule has 0 aliphatic heterocycles. The molecule has 112 valence electrons. The van der Waals surface area contributed by atoms with E-state index in [9.17, 15) is 0 Å². The highest BCUT2D eigenvalue weighted by Gasteiger charge is 2.21. The Bertz CT molecular complexity index is 602. The van der Waals surface area contributed by atoms with Gasteiger partial charge in [0.2, 0.25) is 0 Å². The zero-order valence-corrected chi connectivity index (χ0v) is 12.8. The molecule has 1 saturated carbocycles. The Labute approximate surface area is 126 Å². The van der Waals surface area contributed by atoms with Crippen molar-refractivity contribution in [3.05, 3.63) is 41.7 Å². The van der Waals surface area contributed by atoms with E-state index in [1.165, 1.54) is 24.1 Å². The molecule has 0 bridgehead atoms. The van der Waals surface area contributed by atoms with E-state index < -0.39 is 0 Å². The van der Waals surface area contributed by atoms with Crippen molar-refractivity contribution >= 4 is 0 Å². The van der Waals surface area contributed by atoms with Crippen molar-refractivity contribution in [2.24, 2.45) is 0 Å². The maximum Gasteiger partial charge on any atom is 0.121 e. The molecule has 2 aromatic rings. The SMILES string of the molecule is CCCc1c(CNC2CC2)cnn1-c1cccc(OC)c1. The number of aromatic nitrogens is 2. The van der Waals surface area contributed by atoms with Gasteiger partial charge >= 0.3 is 0 Å². The van der Waals surface area contributed by atoms with Crippen molar-refractivity contribution in [2.45, 2.75) is 45.2 Å². The van der Waals surface area contributed by atoms with Gasteiger partial charge in [-0.25, -0.2) is 4.68 Å². The molecule has 4 nitrogen and oxygen atoms in total. The highest BCUT2D eigenvalue weighted by atomic mass is 16.5. The monoisotopic (exact) mass is 285 g/mol. The normalized spacial score (nSPS) is 14.4. The molecule has 1 fully saturated rings. The van der Waals surface area contributed by atoms with Crippen molar-refractivity contribution in [1.82, 2.24) is 15.1 Å². The summed E-state index contributed by atoms with van der Waals surface area (Å²) in [5, 5.41) is 8.18. The minimum Gasteiger partial charge on any atom is -0.497 e. The summed E-state index contributed by atoms with van der Waals surface area (Å²) in [4.78, 5) is 0. The van der Waals surface area contributed by atoms with Gasteiger partial charge in [0.1, 0.15) is 5.75 Å². The minimum absolute atomic E-state index is 0.722. The van der Waals surface area contributed by atoms with E-state index in [1.807, 2.05) is 24.4 Å². The highest BCUT2D eigenvalue weighted by molar-refractivity contribution is 5.41. The topological polar surface area (TPSA) is 39.1 Å². The fourth-order valence-electron chi connectivity index (χ4n) is 2.57. The molecule has 0 spiro atoms. The molecule has 1 aromatic heterocycles. The Hall–Kier alpha value is -1.81. The van der Waals surface area contributed by atoms with Crippen molar-refractivity contribution < 1.29 is 4.74 Å². The van der Waals surface area contributed by atoms with Gasteiger partial charge in [0.25, 0.3) is 0 Å². The largest absolute Gasteiger partial charge is 0.497 e. The zero-order chi connectivity index (χ0) is 14.7.